The molecule has 3 heterocycles. The maximum atomic E-state index is 14.2. The molecule has 19 heteroatoms. The number of benzene rings is 1. The second-order valence-corrected chi connectivity index (χ2v) is 18.4. The average molecular weight is 840 g/mol. The normalized spacial score (nSPS) is 13.4. The van der Waals surface area contributed by atoms with Gasteiger partial charge < -0.3 is 19.7 Å². The van der Waals surface area contributed by atoms with Crippen molar-refractivity contribution in [2.24, 2.45) is 5.41 Å². The minimum Gasteiger partial charge on any atom is -0.459 e. The Morgan fingerprint density at radius 3 is 2.18 bits per heavy atom. The highest BCUT2D eigenvalue weighted by Gasteiger charge is 2.38. The lowest BCUT2D eigenvalue weighted by molar-refractivity contribution is -0.140. The van der Waals surface area contributed by atoms with E-state index in [1.807, 2.05) is 20.8 Å². The van der Waals surface area contributed by atoms with Crippen LogP contribution in [0.15, 0.2) is 46.8 Å². The van der Waals surface area contributed by atoms with Crippen LogP contribution in [0, 0.1) is 5.41 Å². The van der Waals surface area contributed by atoms with Crippen LogP contribution in [0.3, 0.4) is 0 Å². The number of phosphoric ester groups is 1. The molecule has 3 N–H and O–H groups in total. The van der Waals surface area contributed by atoms with Crippen molar-refractivity contribution < 1.29 is 50.7 Å². The number of ether oxygens (including phenoxy) is 1. The second kappa shape index (κ2) is 17.3. The average Bonchev–Trinajstić information content (AvgIpc) is 3.57. The van der Waals surface area contributed by atoms with Crippen LogP contribution < -0.4 is 16.1 Å². The summed E-state index contributed by atoms with van der Waals surface area (Å²) < 4.78 is 78.0. The van der Waals surface area contributed by atoms with Crippen molar-refractivity contribution in [1.82, 2.24) is 19.9 Å². The van der Waals surface area contributed by atoms with Gasteiger partial charge >= 0.3 is 26.0 Å². The van der Waals surface area contributed by atoms with Gasteiger partial charge in [-0.3, -0.25) is 23.7 Å². The first kappa shape index (κ1) is 45.5. The van der Waals surface area contributed by atoms with Crippen molar-refractivity contribution in [2.75, 3.05) is 31.7 Å². The number of nitrogens with zero attached hydrogens (tertiary/aromatic N) is 3. The summed E-state index contributed by atoms with van der Waals surface area (Å²) in [5.74, 6) is -1.01. The number of pyridine rings is 2. The molecule has 0 saturated heterocycles. The molecule has 0 saturated carbocycles. The number of aliphatic hydroxyl groups is 1. The molecule has 3 aromatic heterocycles. The number of nitrogens with one attached hydrogen (secondary N) is 2. The Hall–Kier alpha value is -4.19. The van der Waals surface area contributed by atoms with Gasteiger partial charge in [-0.2, -0.15) is 13.2 Å². The first-order valence-electron chi connectivity index (χ1n) is 18.0. The van der Waals surface area contributed by atoms with E-state index >= 15 is 0 Å². The molecular weight excluding hydrogens is 790 g/mol. The van der Waals surface area contributed by atoms with Gasteiger partial charge in [0.25, 0.3) is 0 Å². The SMILES string of the molecule is CCNC(=O)Nc1cc(-c2nc(C(F)(F)F)cs2)c(-c2ccc3c(c2)c(=O)c(C(=O)OCCOP(=O)(OC(C)(C)C)OC(C)(C)C)cn3[C@H](CO)C(C)(C)C)cn1. The summed E-state index contributed by atoms with van der Waals surface area (Å²) >= 11 is 0.732. The number of alkyl halides is 3. The molecule has 0 fully saturated rings. The third kappa shape index (κ3) is 11.9. The largest absolute Gasteiger partial charge is 0.475 e. The Bertz CT molecular complexity index is 2190. The Morgan fingerprint density at radius 2 is 1.63 bits per heavy atom. The minimum absolute atomic E-state index is 0.0214. The summed E-state index contributed by atoms with van der Waals surface area (Å²) in [5.41, 5.74) is -3.53. The van der Waals surface area contributed by atoms with Crippen molar-refractivity contribution >= 4 is 47.9 Å². The lowest BCUT2D eigenvalue weighted by atomic mass is 9.86. The number of carbonyl (C=O) groups is 2. The van der Waals surface area contributed by atoms with E-state index in [2.05, 4.69) is 20.6 Å². The summed E-state index contributed by atoms with van der Waals surface area (Å²) in [7, 11) is -4.14. The summed E-state index contributed by atoms with van der Waals surface area (Å²) in [6.45, 7) is 16.4. The van der Waals surface area contributed by atoms with E-state index in [-0.39, 0.29) is 33.9 Å². The van der Waals surface area contributed by atoms with Gasteiger partial charge in [-0.1, -0.05) is 26.8 Å². The number of esters is 1. The zero-order chi connectivity index (χ0) is 42.7. The van der Waals surface area contributed by atoms with Gasteiger partial charge in [-0.25, -0.2) is 24.1 Å². The fraction of sp³-hybridized carbons (Fsp3) is 0.500. The summed E-state index contributed by atoms with van der Waals surface area (Å²) in [5, 5.41) is 16.5. The lowest BCUT2D eigenvalue weighted by Gasteiger charge is -2.33. The molecule has 0 aliphatic carbocycles. The van der Waals surface area contributed by atoms with Crippen LogP contribution in [-0.2, 0) is 29.0 Å². The van der Waals surface area contributed by atoms with E-state index in [1.165, 1.54) is 24.5 Å². The molecule has 4 aromatic rings. The first-order chi connectivity index (χ1) is 26.2. The van der Waals surface area contributed by atoms with Crippen LogP contribution in [0.1, 0.15) is 91.3 Å². The summed E-state index contributed by atoms with van der Waals surface area (Å²) in [6.07, 6.45) is -2.08. The number of phosphoric acid groups is 1. The van der Waals surface area contributed by atoms with Crippen LogP contribution in [0.4, 0.5) is 23.8 Å². The number of hydrogen-bond donors (Lipinski definition) is 3. The number of aliphatic hydroxyl groups excluding tert-OH is 1. The van der Waals surface area contributed by atoms with Crippen molar-refractivity contribution in [3.63, 3.8) is 0 Å². The summed E-state index contributed by atoms with van der Waals surface area (Å²) in [6, 6.07) is 4.83. The molecule has 0 aliphatic rings. The van der Waals surface area contributed by atoms with E-state index in [0.29, 0.717) is 17.6 Å². The molecule has 2 amide bonds. The van der Waals surface area contributed by atoms with Crippen LogP contribution in [0.25, 0.3) is 32.6 Å². The zero-order valence-electron chi connectivity index (χ0n) is 33.5. The fourth-order valence-electron chi connectivity index (χ4n) is 5.59. The smallest absolute Gasteiger partial charge is 0.459 e. The Labute approximate surface area is 332 Å². The highest BCUT2D eigenvalue weighted by Crippen LogP contribution is 2.55. The van der Waals surface area contributed by atoms with Crippen molar-refractivity contribution in [3.05, 3.63) is 63.5 Å². The Balaban J connectivity index is 1.82. The van der Waals surface area contributed by atoms with Gasteiger partial charge in [0.05, 0.1) is 36.0 Å². The molecule has 1 atom stereocenters. The first-order valence-corrected chi connectivity index (χ1v) is 20.3. The van der Waals surface area contributed by atoms with Gasteiger partial charge in [0.2, 0.25) is 5.43 Å². The zero-order valence-corrected chi connectivity index (χ0v) is 35.2. The number of carbonyl (C=O) groups excluding carboxylic acids is 2. The molecule has 1 aromatic carbocycles. The van der Waals surface area contributed by atoms with Crippen LogP contribution in [0.2, 0.25) is 0 Å². The van der Waals surface area contributed by atoms with Gasteiger partial charge in [-0.05, 0) is 77.6 Å². The topological polar surface area (TPSA) is 180 Å². The Morgan fingerprint density at radius 1 is 0.982 bits per heavy atom. The number of fused-ring (bicyclic) bond motifs is 1. The summed E-state index contributed by atoms with van der Waals surface area (Å²) in [4.78, 5) is 48.2. The number of urea groups is 1. The van der Waals surface area contributed by atoms with E-state index in [9.17, 15) is 37.2 Å². The van der Waals surface area contributed by atoms with E-state index in [1.54, 1.807) is 65.2 Å². The Kier molecular flexibility index (Phi) is 13.9. The molecule has 0 unspecified atom stereocenters. The van der Waals surface area contributed by atoms with Gasteiger partial charge in [0.1, 0.15) is 23.0 Å². The fourth-order valence-corrected chi connectivity index (χ4v) is 8.23. The molecule has 0 spiro atoms. The maximum Gasteiger partial charge on any atom is 0.475 e. The number of thiazole rings is 1. The quantitative estimate of drug-likeness (QED) is 0.0665. The number of anilines is 1. The van der Waals surface area contributed by atoms with E-state index in [0.717, 1.165) is 16.7 Å². The van der Waals surface area contributed by atoms with Crippen molar-refractivity contribution in [2.45, 2.75) is 92.7 Å². The van der Waals surface area contributed by atoms with Crippen LogP contribution >= 0.6 is 19.2 Å². The molecule has 0 radical (unpaired) electrons. The van der Waals surface area contributed by atoms with Gasteiger partial charge in [0, 0.05) is 40.8 Å². The number of rotatable bonds is 13. The molecule has 4 rings (SSSR count). The predicted octanol–water partition coefficient (Wildman–Crippen LogP) is 8.84. The molecule has 312 valence electrons. The second-order valence-electron chi connectivity index (χ2n) is 16.0. The molecule has 0 bridgehead atoms. The maximum absolute atomic E-state index is 14.2. The third-order valence-electron chi connectivity index (χ3n) is 7.92. The van der Waals surface area contributed by atoms with Crippen molar-refractivity contribution in [1.29, 1.82) is 0 Å². The van der Waals surface area contributed by atoms with E-state index in [4.69, 9.17) is 18.3 Å². The molecule has 14 nitrogen and oxygen atoms in total. The molecular formula is C38H49F3N5O9PS. The monoisotopic (exact) mass is 839 g/mol. The van der Waals surface area contributed by atoms with Crippen LogP contribution in [-0.4, -0.2) is 69.2 Å². The molecule has 0 aliphatic heterocycles. The van der Waals surface area contributed by atoms with Crippen molar-refractivity contribution in [3.8, 4) is 21.7 Å². The van der Waals surface area contributed by atoms with Gasteiger partial charge in [0.15, 0.2) is 5.69 Å². The van der Waals surface area contributed by atoms with Crippen LogP contribution in [0.5, 0.6) is 0 Å². The minimum atomic E-state index is -4.72. The predicted molar refractivity (Wildman–Crippen MR) is 211 cm³/mol. The number of aromatic nitrogens is 3. The van der Waals surface area contributed by atoms with Gasteiger partial charge in [-0.15, -0.1) is 11.3 Å². The highest BCUT2D eigenvalue weighted by molar-refractivity contribution is 7.48. The number of halogens is 3. The van der Waals surface area contributed by atoms with E-state index < -0.39 is 78.6 Å². The number of hydrogen-bond acceptors (Lipinski definition) is 12. The number of amides is 2. The lowest BCUT2D eigenvalue weighted by Crippen LogP contribution is -2.31. The molecule has 57 heavy (non-hydrogen) atoms. The standard InChI is InChI=1S/C38H49F3N5O9PS/c1-11-42-34(50)45-30-17-23(32-44-28(21-57-32)38(39,40)41)25(18-43-30)22-12-13-27-24(16-22)31(48)26(19-46(27)29(20-47)35(2,3)4)33(49)52-14-15-53-56(51,54-36(5,6)7)55-37(8,9)10/h12-13,16-19,21,29,47H,11,14-15,20H2,1-10H3,(H2,42,43,45,50)/t29-/m1/s1. The highest BCUT2D eigenvalue weighted by atomic mass is 32.1. The third-order valence-corrected chi connectivity index (χ3v) is 10.8.